The molecule has 2 aromatic heterocycles. The van der Waals surface area contributed by atoms with E-state index in [9.17, 15) is 14.7 Å². The summed E-state index contributed by atoms with van der Waals surface area (Å²) < 4.78 is 3.06. The highest BCUT2D eigenvalue weighted by Gasteiger charge is 2.17. The first-order valence-electron chi connectivity index (χ1n) is 14.0. The van der Waals surface area contributed by atoms with E-state index in [4.69, 9.17) is 0 Å². The Morgan fingerprint density at radius 1 is 0.780 bits per heavy atom. The van der Waals surface area contributed by atoms with E-state index < -0.39 is 6.09 Å². The quantitative estimate of drug-likeness (QED) is 0.219. The Bertz CT molecular complexity index is 1400. The highest BCUT2D eigenvalue weighted by Crippen LogP contribution is 2.16. The molecule has 1 amide bonds. The van der Waals surface area contributed by atoms with Gasteiger partial charge in [-0.3, -0.25) is 14.6 Å². The molecule has 2 heterocycles. The van der Waals surface area contributed by atoms with Crippen LogP contribution in [0.25, 0.3) is 0 Å². The van der Waals surface area contributed by atoms with Crippen LogP contribution in [0.1, 0.15) is 59.8 Å². The van der Waals surface area contributed by atoms with Gasteiger partial charge in [0.1, 0.15) is 11.6 Å². The predicted octanol–water partition coefficient (Wildman–Crippen LogP) is 5.22. The van der Waals surface area contributed by atoms with E-state index in [2.05, 4.69) is 51.1 Å². The lowest BCUT2D eigenvalue weighted by Crippen LogP contribution is -2.27. The molecular formula is C31H39N7O3. The Morgan fingerprint density at radius 2 is 1.34 bits per heavy atom. The van der Waals surface area contributed by atoms with Gasteiger partial charge in [-0.2, -0.15) is 0 Å². The predicted molar refractivity (Wildman–Crippen MR) is 159 cm³/mol. The minimum absolute atomic E-state index is 0.170. The van der Waals surface area contributed by atoms with Crippen LogP contribution in [0.15, 0.2) is 73.3 Å². The summed E-state index contributed by atoms with van der Waals surface area (Å²) >= 11 is 0. The van der Waals surface area contributed by atoms with Crippen LogP contribution in [0.4, 0.5) is 10.5 Å². The van der Waals surface area contributed by atoms with Crippen molar-refractivity contribution in [3.8, 4) is 0 Å². The van der Waals surface area contributed by atoms with Gasteiger partial charge in [-0.1, -0.05) is 38.1 Å². The van der Waals surface area contributed by atoms with Gasteiger partial charge in [-0.25, -0.2) is 19.3 Å². The number of aryl methyl sites for hydroxylation is 1. The maximum absolute atomic E-state index is 12.9. The first kappa shape index (κ1) is 29.7. The van der Waals surface area contributed by atoms with E-state index in [0.29, 0.717) is 31.0 Å². The molecule has 0 unspecified atom stereocenters. The van der Waals surface area contributed by atoms with Crippen LogP contribution in [0, 0.1) is 0 Å². The van der Waals surface area contributed by atoms with Gasteiger partial charge in [0, 0.05) is 56.2 Å². The van der Waals surface area contributed by atoms with Crippen LogP contribution in [0.5, 0.6) is 0 Å². The van der Waals surface area contributed by atoms with Gasteiger partial charge in [0.15, 0.2) is 0 Å². The molecule has 0 atom stereocenters. The highest BCUT2D eigenvalue weighted by molar-refractivity contribution is 6.04. The zero-order chi connectivity index (χ0) is 29.2. The zero-order valence-corrected chi connectivity index (χ0v) is 24.0. The van der Waals surface area contributed by atoms with Crippen molar-refractivity contribution < 1.29 is 14.7 Å². The number of carboxylic acid groups (broad SMARTS) is 1. The number of carbonyl (C=O) groups excluding carboxylic acids is 1. The van der Waals surface area contributed by atoms with E-state index >= 15 is 0 Å². The minimum Gasteiger partial charge on any atom is -0.464 e. The molecule has 0 aliphatic rings. The third-order valence-electron chi connectivity index (χ3n) is 6.89. The van der Waals surface area contributed by atoms with Crippen molar-refractivity contribution in [1.82, 2.24) is 28.9 Å². The van der Waals surface area contributed by atoms with E-state index in [0.717, 1.165) is 54.1 Å². The second-order valence-electron chi connectivity index (χ2n) is 10.2. The number of benzene rings is 2. The van der Waals surface area contributed by atoms with Gasteiger partial charge in [0.05, 0.1) is 13.1 Å². The Hall–Kier alpha value is -4.28. The summed E-state index contributed by atoms with van der Waals surface area (Å²) in [6.45, 7) is 8.81. The zero-order valence-electron chi connectivity index (χ0n) is 24.0. The highest BCUT2D eigenvalue weighted by atomic mass is 16.4. The molecule has 10 nitrogen and oxygen atoms in total. The van der Waals surface area contributed by atoms with E-state index in [1.54, 1.807) is 6.20 Å². The molecule has 0 aliphatic heterocycles. The fraction of sp³-hybridized carbons (Fsp3) is 0.355. The van der Waals surface area contributed by atoms with Gasteiger partial charge < -0.3 is 15.0 Å². The third kappa shape index (κ3) is 8.36. The van der Waals surface area contributed by atoms with Crippen LogP contribution in [-0.4, -0.2) is 59.1 Å². The number of hydrogen-bond acceptors (Lipinski definition) is 6. The van der Waals surface area contributed by atoms with Crippen LogP contribution in [0.2, 0.25) is 0 Å². The van der Waals surface area contributed by atoms with Crippen molar-refractivity contribution in [3.63, 3.8) is 0 Å². The lowest BCUT2D eigenvalue weighted by Gasteiger charge is -2.22. The maximum Gasteiger partial charge on any atom is 0.417 e. The summed E-state index contributed by atoms with van der Waals surface area (Å²) in [6.07, 6.45) is 7.72. The van der Waals surface area contributed by atoms with Gasteiger partial charge in [-0.15, -0.1) is 0 Å². The molecule has 0 bridgehead atoms. The molecule has 0 radical (unpaired) electrons. The van der Waals surface area contributed by atoms with Crippen LogP contribution < -0.4 is 5.32 Å². The maximum atomic E-state index is 12.9. The standard InChI is InChI=1S/C31H39N7O3/c1-4-16-36(17-5-2)20-25-8-12-27(13-9-25)34-30(39)26-10-6-24(7-11-26)21-37(22-28-32-14-18-35(28)3)23-29-33-15-19-38(29)31(40)41/h6-15,18-19H,4-5,16-17,20-23H2,1-3H3,(H,34,39)(H,40,41). The molecule has 0 aliphatic carbocycles. The number of amides is 1. The molecular weight excluding hydrogens is 518 g/mol. The number of nitrogens with one attached hydrogen (secondary N) is 1. The Balaban J connectivity index is 1.39. The van der Waals surface area contributed by atoms with Crippen molar-refractivity contribution >= 4 is 17.7 Å². The number of carbonyl (C=O) groups is 2. The summed E-state index contributed by atoms with van der Waals surface area (Å²) in [4.78, 5) is 37.7. The Labute approximate surface area is 241 Å². The molecule has 10 heteroatoms. The van der Waals surface area contributed by atoms with Crippen LogP contribution >= 0.6 is 0 Å². The van der Waals surface area contributed by atoms with Crippen LogP contribution in [0.3, 0.4) is 0 Å². The average molecular weight is 558 g/mol. The largest absolute Gasteiger partial charge is 0.464 e. The first-order chi connectivity index (χ1) is 19.9. The van der Waals surface area contributed by atoms with Crippen molar-refractivity contribution in [2.45, 2.75) is 52.9 Å². The van der Waals surface area contributed by atoms with E-state index in [1.165, 1.54) is 18.0 Å². The minimum atomic E-state index is -1.07. The normalized spacial score (nSPS) is 11.3. The summed E-state index contributed by atoms with van der Waals surface area (Å²) in [7, 11) is 1.92. The summed E-state index contributed by atoms with van der Waals surface area (Å²) in [6, 6.07) is 15.5. The van der Waals surface area contributed by atoms with Crippen molar-refractivity contribution in [2.75, 3.05) is 18.4 Å². The smallest absolute Gasteiger partial charge is 0.417 e. The number of hydrogen-bond donors (Lipinski definition) is 2. The lowest BCUT2D eigenvalue weighted by molar-refractivity contribution is 0.102. The fourth-order valence-corrected chi connectivity index (χ4v) is 4.82. The van der Waals surface area contributed by atoms with E-state index in [1.807, 2.05) is 54.2 Å². The summed E-state index contributed by atoms with van der Waals surface area (Å²) in [5.74, 6) is 1.11. The number of aromatic nitrogens is 4. The molecule has 4 aromatic rings. The van der Waals surface area contributed by atoms with Crippen molar-refractivity contribution in [1.29, 1.82) is 0 Å². The number of anilines is 1. The number of nitrogens with zero attached hydrogens (tertiary/aromatic N) is 6. The fourth-order valence-electron chi connectivity index (χ4n) is 4.82. The number of rotatable bonds is 14. The van der Waals surface area contributed by atoms with Crippen molar-refractivity contribution in [2.24, 2.45) is 7.05 Å². The Kier molecular flexibility index (Phi) is 10.4. The van der Waals surface area contributed by atoms with Gasteiger partial charge >= 0.3 is 6.09 Å². The Morgan fingerprint density at radius 3 is 1.93 bits per heavy atom. The lowest BCUT2D eigenvalue weighted by atomic mass is 10.1. The average Bonchev–Trinajstić information content (AvgIpc) is 3.59. The molecule has 2 aromatic carbocycles. The molecule has 0 spiro atoms. The monoisotopic (exact) mass is 557 g/mol. The molecule has 0 fully saturated rings. The first-order valence-corrected chi connectivity index (χ1v) is 14.0. The second-order valence-corrected chi connectivity index (χ2v) is 10.2. The van der Waals surface area contributed by atoms with Gasteiger partial charge in [0.2, 0.25) is 0 Å². The van der Waals surface area contributed by atoms with E-state index in [-0.39, 0.29) is 5.91 Å². The molecule has 41 heavy (non-hydrogen) atoms. The van der Waals surface area contributed by atoms with Gasteiger partial charge in [0.25, 0.3) is 5.91 Å². The van der Waals surface area contributed by atoms with Crippen LogP contribution in [-0.2, 0) is 33.2 Å². The molecule has 2 N–H and O–H groups in total. The van der Waals surface area contributed by atoms with Gasteiger partial charge in [-0.05, 0) is 61.3 Å². The van der Waals surface area contributed by atoms with Crippen molar-refractivity contribution in [3.05, 3.63) is 102 Å². The number of imidazole rings is 2. The third-order valence-corrected chi connectivity index (χ3v) is 6.89. The topological polar surface area (TPSA) is 109 Å². The SMILES string of the molecule is CCCN(CCC)Cc1ccc(NC(=O)c2ccc(CN(Cc3nccn3C)Cc3nccn3C(=O)O)cc2)cc1. The molecule has 4 rings (SSSR count). The summed E-state index contributed by atoms with van der Waals surface area (Å²) in [5, 5.41) is 12.5. The molecule has 0 saturated heterocycles. The second kappa shape index (κ2) is 14.4. The molecule has 216 valence electrons. The summed E-state index contributed by atoms with van der Waals surface area (Å²) in [5.41, 5.74) is 3.54. The molecule has 0 saturated carbocycles.